The number of aromatic nitrogens is 1. The number of nitrogens with zero attached hydrogens (tertiary/aromatic N) is 2. The maximum atomic E-state index is 13.8. The highest BCUT2D eigenvalue weighted by Crippen LogP contribution is 2.31. The number of furan rings is 1. The molecule has 0 bridgehead atoms. The summed E-state index contributed by atoms with van der Waals surface area (Å²) in [6, 6.07) is 17.7. The van der Waals surface area contributed by atoms with Crippen LogP contribution in [0, 0.1) is 0 Å². The minimum Gasteiger partial charge on any atom is -0.465 e. The van der Waals surface area contributed by atoms with Crippen LogP contribution in [0.25, 0.3) is 17.4 Å². The second kappa shape index (κ2) is 11.5. The van der Waals surface area contributed by atoms with Crippen LogP contribution in [-0.2, 0) is 14.3 Å². The molecule has 0 N–H and O–H groups in total. The van der Waals surface area contributed by atoms with E-state index in [2.05, 4.69) is 18.8 Å². The molecule has 0 radical (unpaired) electrons. The molecule has 1 aliphatic rings. The van der Waals surface area contributed by atoms with Gasteiger partial charge in [0.25, 0.3) is 5.56 Å². The number of allylic oxidation sites excluding steroid dienone is 1. The lowest BCUT2D eigenvalue weighted by Gasteiger charge is -2.25. The van der Waals surface area contributed by atoms with E-state index in [1.807, 2.05) is 24.3 Å². The van der Waals surface area contributed by atoms with Gasteiger partial charge in [-0.05, 0) is 55.2 Å². The van der Waals surface area contributed by atoms with Gasteiger partial charge in [0.2, 0.25) is 0 Å². The van der Waals surface area contributed by atoms with Crippen molar-refractivity contribution in [2.75, 3.05) is 13.7 Å². The Kier molecular flexibility index (Phi) is 7.90. The van der Waals surface area contributed by atoms with Gasteiger partial charge in [-0.2, -0.15) is 0 Å². The Bertz CT molecular complexity index is 1820. The molecule has 0 fully saturated rings. The number of benzene rings is 2. The molecular formula is C32H30N2O6S. The van der Waals surface area contributed by atoms with Crippen molar-refractivity contribution in [1.82, 2.24) is 4.57 Å². The number of hydrogen-bond acceptors (Lipinski definition) is 8. The van der Waals surface area contributed by atoms with Crippen molar-refractivity contribution in [1.29, 1.82) is 0 Å². The molecule has 5 rings (SSSR count). The van der Waals surface area contributed by atoms with Gasteiger partial charge in [-0.3, -0.25) is 9.36 Å². The Morgan fingerprint density at radius 2 is 1.76 bits per heavy atom. The lowest BCUT2D eigenvalue weighted by molar-refractivity contribution is -0.139. The Balaban J connectivity index is 1.57. The number of carbonyl (C=O) groups is 2. The topological polar surface area (TPSA) is 100 Å². The smallest absolute Gasteiger partial charge is 0.338 e. The number of fused-ring (bicyclic) bond motifs is 1. The predicted octanol–water partition coefficient (Wildman–Crippen LogP) is 4.97. The first-order chi connectivity index (χ1) is 19.7. The van der Waals surface area contributed by atoms with Gasteiger partial charge in [-0.15, -0.1) is 0 Å². The zero-order valence-electron chi connectivity index (χ0n) is 23.5. The van der Waals surface area contributed by atoms with E-state index in [-0.39, 0.29) is 12.2 Å². The van der Waals surface area contributed by atoms with E-state index in [0.29, 0.717) is 43.6 Å². The number of hydrogen-bond donors (Lipinski definition) is 0. The van der Waals surface area contributed by atoms with Crippen molar-refractivity contribution in [3.63, 3.8) is 0 Å². The molecule has 3 heterocycles. The van der Waals surface area contributed by atoms with Crippen molar-refractivity contribution in [2.24, 2.45) is 4.99 Å². The van der Waals surface area contributed by atoms with Gasteiger partial charge in [-0.1, -0.05) is 61.6 Å². The fourth-order valence-corrected chi connectivity index (χ4v) is 5.80. The first-order valence-electron chi connectivity index (χ1n) is 13.3. The van der Waals surface area contributed by atoms with Gasteiger partial charge in [0.05, 0.1) is 41.1 Å². The van der Waals surface area contributed by atoms with Crippen molar-refractivity contribution in [3.8, 4) is 11.3 Å². The minimum absolute atomic E-state index is 0.214. The van der Waals surface area contributed by atoms with Crippen molar-refractivity contribution >= 4 is 29.4 Å². The van der Waals surface area contributed by atoms with Crippen LogP contribution in [0.5, 0.6) is 0 Å². The molecule has 0 saturated heterocycles. The first-order valence-corrected chi connectivity index (χ1v) is 14.1. The van der Waals surface area contributed by atoms with Crippen LogP contribution in [-0.4, -0.2) is 30.2 Å². The summed E-state index contributed by atoms with van der Waals surface area (Å²) in [5.74, 6) is 0.514. The summed E-state index contributed by atoms with van der Waals surface area (Å²) in [4.78, 5) is 43.8. The molecule has 0 saturated carbocycles. The van der Waals surface area contributed by atoms with E-state index in [9.17, 15) is 14.4 Å². The normalized spacial score (nSPS) is 15.1. The van der Waals surface area contributed by atoms with Gasteiger partial charge in [0, 0.05) is 11.6 Å². The van der Waals surface area contributed by atoms with Crippen LogP contribution >= 0.6 is 11.3 Å². The molecule has 210 valence electrons. The quantitative estimate of drug-likeness (QED) is 0.291. The Hall–Kier alpha value is -4.50. The molecule has 0 amide bonds. The second-order valence-corrected chi connectivity index (χ2v) is 10.9. The van der Waals surface area contributed by atoms with E-state index in [4.69, 9.17) is 13.9 Å². The summed E-state index contributed by atoms with van der Waals surface area (Å²) < 4.78 is 18.1. The summed E-state index contributed by atoms with van der Waals surface area (Å²) in [5, 5.41) is 0. The third kappa shape index (κ3) is 5.45. The second-order valence-electron chi connectivity index (χ2n) is 9.89. The fraction of sp³-hybridized carbons (Fsp3) is 0.250. The number of rotatable bonds is 7. The lowest BCUT2D eigenvalue weighted by atomic mass is 9.93. The molecule has 41 heavy (non-hydrogen) atoms. The Morgan fingerprint density at radius 3 is 2.39 bits per heavy atom. The van der Waals surface area contributed by atoms with Crippen LogP contribution in [0.15, 0.2) is 86.1 Å². The zero-order chi connectivity index (χ0) is 29.3. The number of carbonyl (C=O) groups excluding carboxylic acids is 2. The Morgan fingerprint density at radius 1 is 1.05 bits per heavy atom. The highest BCUT2D eigenvalue weighted by molar-refractivity contribution is 7.07. The van der Waals surface area contributed by atoms with E-state index in [1.54, 1.807) is 60.9 Å². The third-order valence-corrected chi connectivity index (χ3v) is 7.91. The van der Waals surface area contributed by atoms with E-state index in [1.165, 1.54) is 18.4 Å². The minimum atomic E-state index is -0.672. The van der Waals surface area contributed by atoms with Crippen molar-refractivity contribution in [3.05, 3.63) is 114 Å². The molecular weight excluding hydrogens is 540 g/mol. The standard InChI is InChI=1S/C32H30N2O6S/c1-6-39-31(37)27-19(4)33-32-34(28(27)22-11-7-20(8-12-22)18(2)3)29(35)26(41-32)17-24-15-16-25(40-24)21-9-13-23(14-10-21)30(36)38-5/h7-18,28H,6H2,1-5H3/b26-17-/t28-/m1/s1. The summed E-state index contributed by atoms with van der Waals surface area (Å²) in [5.41, 5.74) is 3.77. The van der Waals surface area contributed by atoms with Crippen LogP contribution in [0.4, 0.5) is 0 Å². The van der Waals surface area contributed by atoms with E-state index < -0.39 is 18.0 Å². The first kappa shape index (κ1) is 28.0. The number of esters is 2. The molecule has 2 aromatic carbocycles. The summed E-state index contributed by atoms with van der Waals surface area (Å²) in [7, 11) is 1.34. The molecule has 0 spiro atoms. The average Bonchev–Trinajstić information content (AvgIpc) is 3.56. The van der Waals surface area contributed by atoms with Gasteiger partial charge in [0.15, 0.2) is 4.80 Å². The highest BCUT2D eigenvalue weighted by atomic mass is 32.1. The molecule has 1 aliphatic heterocycles. The van der Waals surface area contributed by atoms with Crippen LogP contribution in [0.1, 0.15) is 66.9 Å². The monoisotopic (exact) mass is 570 g/mol. The number of ether oxygens (including phenoxy) is 2. The van der Waals surface area contributed by atoms with Gasteiger partial charge < -0.3 is 13.9 Å². The fourth-order valence-electron chi connectivity index (χ4n) is 4.77. The van der Waals surface area contributed by atoms with Crippen molar-refractivity contribution < 1.29 is 23.5 Å². The third-order valence-electron chi connectivity index (χ3n) is 6.93. The number of thiazole rings is 1. The summed E-state index contributed by atoms with van der Waals surface area (Å²) in [6.45, 7) is 7.96. The maximum Gasteiger partial charge on any atom is 0.338 e. The molecule has 4 aromatic rings. The molecule has 9 heteroatoms. The zero-order valence-corrected chi connectivity index (χ0v) is 24.3. The summed E-state index contributed by atoms with van der Waals surface area (Å²) in [6.07, 6.45) is 1.68. The van der Waals surface area contributed by atoms with Gasteiger partial charge >= 0.3 is 11.9 Å². The van der Waals surface area contributed by atoms with Gasteiger partial charge in [0.1, 0.15) is 11.5 Å². The SMILES string of the molecule is CCOC(=O)C1=C(C)N=c2s/c(=C\c3ccc(-c4ccc(C(=O)OC)cc4)o3)c(=O)n2[C@@H]1c1ccc(C(C)C)cc1. The van der Waals surface area contributed by atoms with Crippen LogP contribution in [0.2, 0.25) is 0 Å². The lowest BCUT2D eigenvalue weighted by Crippen LogP contribution is -2.39. The molecule has 1 atom stereocenters. The average molecular weight is 571 g/mol. The highest BCUT2D eigenvalue weighted by Gasteiger charge is 2.33. The predicted molar refractivity (Wildman–Crippen MR) is 156 cm³/mol. The Labute approximate surface area is 240 Å². The number of methoxy groups -OCH3 is 1. The van der Waals surface area contributed by atoms with Crippen LogP contribution in [0.3, 0.4) is 0 Å². The molecule has 0 aliphatic carbocycles. The van der Waals surface area contributed by atoms with Crippen LogP contribution < -0.4 is 14.9 Å². The molecule has 2 aromatic heterocycles. The van der Waals surface area contributed by atoms with Gasteiger partial charge in [-0.25, -0.2) is 14.6 Å². The van der Waals surface area contributed by atoms with Crippen molar-refractivity contribution in [2.45, 2.75) is 39.7 Å². The van der Waals surface area contributed by atoms with E-state index in [0.717, 1.165) is 16.7 Å². The molecule has 0 unspecified atom stereocenters. The van der Waals surface area contributed by atoms with E-state index >= 15 is 0 Å². The maximum absolute atomic E-state index is 13.8. The summed E-state index contributed by atoms with van der Waals surface area (Å²) >= 11 is 1.24. The largest absolute Gasteiger partial charge is 0.465 e. The molecule has 8 nitrogen and oxygen atoms in total.